The monoisotopic (exact) mass is 243 g/mol. The zero-order chi connectivity index (χ0) is 13.2. The molecule has 0 radical (unpaired) electrons. The largest absolute Gasteiger partial charge is 0.480 e. The second-order valence-corrected chi connectivity index (χ2v) is 5.66. The Hall–Kier alpha value is -1.26. The van der Waals surface area contributed by atoms with Gasteiger partial charge in [0.2, 0.25) is 0 Å². The van der Waals surface area contributed by atoms with Crippen LogP contribution < -0.4 is 0 Å². The van der Waals surface area contributed by atoms with E-state index in [-0.39, 0.29) is 0 Å². The van der Waals surface area contributed by atoms with Gasteiger partial charge < -0.3 is 9.84 Å². The molecule has 1 aliphatic rings. The first kappa shape index (κ1) is 13.8. The van der Waals surface area contributed by atoms with Gasteiger partial charge >= 0.3 is 12.1 Å². The first-order chi connectivity index (χ1) is 7.70. The van der Waals surface area contributed by atoms with Crippen molar-refractivity contribution in [2.24, 2.45) is 5.92 Å². The molecule has 2 atom stereocenters. The smallest absolute Gasteiger partial charge is 0.411 e. The van der Waals surface area contributed by atoms with Gasteiger partial charge in [-0.3, -0.25) is 4.90 Å². The Labute approximate surface area is 102 Å². The van der Waals surface area contributed by atoms with Gasteiger partial charge in [-0.25, -0.2) is 9.59 Å². The van der Waals surface area contributed by atoms with Crippen LogP contribution in [0, 0.1) is 5.92 Å². The van der Waals surface area contributed by atoms with Crippen molar-refractivity contribution in [3.63, 3.8) is 0 Å². The number of ether oxygens (including phenoxy) is 1. The normalized spacial score (nSPS) is 25.5. The van der Waals surface area contributed by atoms with Gasteiger partial charge in [0.25, 0.3) is 0 Å². The number of aliphatic carboxylic acids is 1. The molecule has 1 heterocycles. The van der Waals surface area contributed by atoms with Crippen molar-refractivity contribution >= 4 is 12.1 Å². The molecule has 1 N–H and O–H groups in total. The van der Waals surface area contributed by atoms with Crippen LogP contribution in [0.5, 0.6) is 0 Å². The fourth-order valence-corrected chi connectivity index (χ4v) is 1.91. The molecule has 0 spiro atoms. The lowest BCUT2D eigenvalue weighted by Crippen LogP contribution is -2.51. The molecule has 0 aromatic carbocycles. The number of carboxylic acids is 1. The molecule has 1 rings (SSSR count). The number of carboxylic acid groups (broad SMARTS) is 1. The topological polar surface area (TPSA) is 66.8 Å². The molecule has 17 heavy (non-hydrogen) atoms. The van der Waals surface area contributed by atoms with Crippen LogP contribution in [0.1, 0.15) is 40.5 Å². The molecule has 0 aromatic rings. The third-order valence-electron chi connectivity index (χ3n) is 2.78. The predicted molar refractivity (Wildman–Crippen MR) is 62.8 cm³/mol. The molecule has 1 fully saturated rings. The maximum Gasteiger partial charge on any atom is 0.411 e. The van der Waals surface area contributed by atoms with Gasteiger partial charge in [-0.05, 0) is 39.5 Å². The van der Waals surface area contributed by atoms with Crippen molar-refractivity contribution in [3.05, 3.63) is 0 Å². The van der Waals surface area contributed by atoms with E-state index in [4.69, 9.17) is 9.84 Å². The fourth-order valence-electron chi connectivity index (χ4n) is 1.91. The maximum atomic E-state index is 11.9. The zero-order valence-corrected chi connectivity index (χ0v) is 10.9. The van der Waals surface area contributed by atoms with E-state index < -0.39 is 23.7 Å². The zero-order valence-electron chi connectivity index (χ0n) is 10.9. The summed E-state index contributed by atoms with van der Waals surface area (Å²) in [4.78, 5) is 24.3. The third-order valence-corrected chi connectivity index (χ3v) is 2.78. The summed E-state index contributed by atoms with van der Waals surface area (Å²) < 4.78 is 5.22. The highest BCUT2D eigenvalue weighted by atomic mass is 16.6. The Morgan fingerprint density at radius 3 is 2.41 bits per heavy atom. The highest BCUT2D eigenvalue weighted by molar-refractivity contribution is 5.80. The molecule has 1 amide bonds. The summed E-state index contributed by atoms with van der Waals surface area (Å²) in [6.07, 6.45) is 0.786. The summed E-state index contributed by atoms with van der Waals surface area (Å²) in [6.45, 7) is 7.77. The highest BCUT2D eigenvalue weighted by Gasteiger charge is 2.36. The van der Waals surface area contributed by atoms with Gasteiger partial charge in [-0.1, -0.05) is 6.92 Å². The summed E-state index contributed by atoms with van der Waals surface area (Å²) in [6, 6.07) is -0.756. The fraction of sp³-hybridized carbons (Fsp3) is 0.833. The molecule has 0 bridgehead atoms. The first-order valence-electron chi connectivity index (χ1n) is 5.93. The van der Waals surface area contributed by atoms with Gasteiger partial charge in [0.1, 0.15) is 11.6 Å². The summed E-state index contributed by atoms with van der Waals surface area (Å²) in [5.41, 5.74) is -0.594. The molecule has 98 valence electrons. The van der Waals surface area contributed by atoms with E-state index >= 15 is 0 Å². The summed E-state index contributed by atoms with van der Waals surface area (Å²) in [5, 5.41) is 9.12. The molecular formula is C12H21NO4. The Kier molecular flexibility index (Phi) is 4.01. The van der Waals surface area contributed by atoms with E-state index in [1.807, 2.05) is 6.92 Å². The molecule has 1 saturated heterocycles. The SMILES string of the molecule is CC1CCN(C(=O)OC(C)(C)C)C(C(=O)O)C1. The number of piperidine rings is 1. The van der Waals surface area contributed by atoms with Crippen LogP contribution in [0.15, 0.2) is 0 Å². The predicted octanol–water partition coefficient (Wildman–Crippen LogP) is 2.11. The molecular weight excluding hydrogens is 222 g/mol. The third kappa shape index (κ3) is 3.91. The number of nitrogens with zero attached hydrogens (tertiary/aromatic N) is 1. The lowest BCUT2D eigenvalue weighted by Gasteiger charge is -2.36. The second-order valence-electron chi connectivity index (χ2n) is 5.66. The first-order valence-corrected chi connectivity index (χ1v) is 5.93. The van der Waals surface area contributed by atoms with Crippen molar-refractivity contribution in [3.8, 4) is 0 Å². The van der Waals surface area contributed by atoms with Gasteiger partial charge in [0, 0.05) is 6.54 Å². The van der Waals surface area contributed by atoms with Crippen LogP contribution in [-0.4, -0.2) is 40.3 Å². The minimum Gasteiger partial charge on any atom is -0.480 e. The van der Waals surface area contributed by atoms with Crippen LogP contribution in [0.25, 0.3) is 0 Å². The van der Waals surface area contributed by atoms with Gasteiger partial charge in [-0.15, -0.1) is 0 Å². The second kappa shape index (κ2) is 4.94. The minimum atomic E-state index is -0.956. The summed E-state index contributed by atoms with van der Waals surface area (Å²) in [7, 11) is 0. The number of carbonyl (C=O) groups excluding carboxylic acids is 1. The average molecular weight is 243 g/mol. The van der Waals surface area contributed by atoms with Crippen molar-refractivity contribution in [2.45, 2.75) is 52.2 Å². The van der Waals surface area contributed by atoms with E-state index in [2.05, 4.69) is 0 Å². The van der Waals surface area contributed by atoms with Gasteiger partial charge in [0.15, 0.2) is 0 Å². The number of hydrogen-bond donors (Lipinski definition) is 1. The van der Waals surface area contributed by atoms with Crippen molar-refractivity contribution in [1.29, 1.82) is 0 Å². The lowest BCUT2D eigenvalue weighted by molar-refractivity contribution is -0.145. The molecule has 5 nitrogen and oxygen atoms in total. The Morgan fingerprint density at radius 2 is 1.94 bits per heavy atom. The van der Waals surface area contributed by atoms with E-state index in [0.717, 1.165) is 6.42 Å². The Balaban J connectivity index is 2.73. The van der Waals surface area contributed by atoms with Crippen molar-refractivity contribution in [1.82, 2.24) is 4.90 Å². The highest BCUT2D eigenvalue weighted by Crippen LogP contribution is 2.24. The maximum absolute atomic E-state index is 11.9. The molecule has 0 aromatic heterocycles. The number of hydrogen-bond acceptors (Lipinski definition) is 3. The number of amides is 1. The van der Waals surface area contributed by atoms with Crippen LogP contribution in [0.4, 0.5) is 4.79 Å². The van der Waals surface area contributed by atoms with Gasteiger partial charge in [0.05, 0.1) is 0 Å². The van der Waals surface area contributed by atoms with E-state index in [1.165, 1.54) is 4.90 Å². The Bertz CT molecular complexity index is 308. The average Bonchev–Trinajstić information content (AvgIpc) is 2.14. The Morgan fingerprint density at radius 1 is 1.35 bits per heavy atom. The molecule has 5 heteroatoms. The molecule has 0 saturated carbocycles. The van der Waals surface area contributed by atoms with Gasteiger partial charge in [-0.2, -0.15) is 0 Å². The van der Waals surface area contributed by atoms with Crippen LogP contribution >= 0.6 is 0 Å². The number of likely N-dealkylation sites (tertiary alicyclic amines) is 1. The van der Waals surface area contributed by atoms with Crippen LogP contribution in [0.2, 0.25) is 0 Å². The van der Waals surface area contributed by atoms with E-state index in [9.17, 15) is 9.59 Å². The summed E-state index contributed by atoms with van der Waals surface area (Å²) in [5.74, 6) is -0.628. The lowest BCUT2D eigenvalue weighted by atomic mass is 9.93. The number of rotatable bonds is 1. The molecule has 2 unspecified atom stereocenters. The van der Waals surface area contributed by atoms with E-state index in [0.29, 0.717) is 18.9 Å². The molecule has 0 aliphatic carbocycles. The van der Waals surface area contributed by atoms with Crippen molar-refractivity contribution in [2.75, 3.05) is 6.54 Å². The molecule has 1 aliphatic heterocycles. The van der Waals surface area contributed by atoms with Crippen LogP contribution in [-0.2, 0) is 9.53 Å². The number of carbonyl (C=O) groups is 2. The van der Waals surface area contributed by atoms with Crippen LogP contribution in [0.3, 0.4) is 0 Å². The summed E-state index contributed by atoms with van der Waals surface area (Å²) >= 11 is 0. The van der Waals surface area contributed by atoms with E-state index in [1.54, 1.807) is 20.8 Å². The quantitative estimate of drug-likeness (QED) is 0.766. The standard InChI is InChI=1S/C12H21NO4/c1-8-5-6-13(9(7-8)10(14)15)11(16)17-12(2,3)4/h8-9H,5-7H2,1-4H3,(H,14,15). The minimum absolute atomic E-state index is 0.329. The van der Waals surface area contributed by atoms with Crippen molar-refractivity contribution < 1.29 is 19.4 Å².